The van der Waals surface area contributed by atoms with Gasteiger partial charge in [-0.1, -0.05) is 23.7 Å². The predicted molar refractivity (Wildman–Crippen MR) is 90.6 cm³/mol. The molecule has 1 fully saturated rings. The normalized spacial score (nSPS) is 22.8. The lowest BCUT2D eigenvalue weighted by molar-refractivity contribution is -0.149. The highest BCUT2D eigenvalue weighted by Gasteiger charge is 2.34. The molecule has 0 aromatic heterocycles. The lowest BCUT2D eigenvalue weighted by atomic mass is 9.93. The van der Waals surface area contributed by atoms with E-state index in [1.165, 1.54) is 0 Å². The van der Waals surface area contributed by atoms with E-state index < -0.39 is 6.29 Å². The van der Waals surface area contributed by atoms with Crippen LogP contribution in [0.25, 0.3) is 0 Å². The first kappa shape index (κ1) is 17.3. The second-order valence-electron chi connectivity index (χ2n) is 6.07. The molecular formula is C18H22ClNO4. The summed E-state index contributed by atoms with van der Waals surface area (Å²) in [7, 11) is 0. The zero-order valence-electron chi connectivity index (χ0n) is 13.5. The van der Waals surface area contributed by atoms with E-state index >= 15 is 0 Å². The van der Waals surface area contributed by atoms with Crippen molar-refractivity contribution in [1.29, 1.82) is 0 Å². The maximum absolute atomic E-state index is 12.3. The number of carbonyl (C=O) groups excluding carboxylic acids is 1. The summed E-state index contributed by atoms with van der Waals surface area (Å²) in [5.74, 6) is 0.348. The standard InChI is InChI=1S/C18H22ClNO4/c19-15-5-3-13(4-6-15)14-11-16(18(22)20-7-8-20)24-17(12-14)23-10-2-1-9-21/h3-6,11,14,17,21H,1-2,7-10,12H2/t14-,17+/m0/s1. The zero-order chi connectivity index (χ0) is 16.9. The fraction of sp³-hybridized carbons (Fsp3) is 0.500. The number of benzene rings is 1. The molecule has 130 valence electrons. The van der Waals surface area contributed by atoms with Crippen LogP contribution < -0.4 is 0 Å². The minimum absolute atomic E-state index is 0.0535. The van der Waals surface area contributed by atoms with Crippen LogP contribution in [-0.2, 0) is 14.3 Å². The van der Waals surface area contributed by atoms with Crippen LogP contribution in [0.1, 0.15) is 30.7 Å². The highest BCUT2D eigenvalue weighted by molar-refractivity contribution is 6.30. The Morgan fingerprint density at radius 3 is 2.71 bits per heavy atom. The van der Waals surface area contributed by atoms with Crippen LogP contribution in [0.3, 0.4) is 0 Å². The maximum Gasteiger partial charge on any atom is 0.288 e. The Hall–Kier alpha value is -1.56. The lowest BCUT2D eigenvalue weighted by Crippen LogP contribution is -2.29. The quantitative estimate of drug-likeness (QED) is 0.606. The van der Waals surface area contributed by atoms with Gasteiger partial charge in [0.05, 0.1) is 6.61 Å². The van der Waals surface area contributed by atoms with E-state index in [0.717, 1.165) is 25.1 Å². The molecule has 2 aliphatic rings. The lowest BCUT2D eigenvalue weighted by Gasteiger charge is -2.29. The van der Waals surface area contributed by atoms with Gasteiger partial charge in [0.2, 0.25) is 6.29 Å². The van der Waals surface area contributed by atoms with Crippen molar-refractivity contribution < 1.29 is 19.4 Å². The van der Waals surface area contributed by atoms with Gasteiger partial charge >= 0.3 is 0 Å². The van der Waals surface area contributed by atoms with E-state index in [4.69, 9.17) is 26.2 Å². The predicted octanol–water partition coefficient (Wildman–Crippen LogP) is 2.69. The molecule has 0 aliphatic carbocycles. The van der Waals surface area contributed by atoms with Crippen molar-refractivity contribution in [3.8, 4) is 0 Å². The molecule has 5 nitrogen and oxygen atoms in total. The second-order valence-corrected chi connectivity index (χ2v) is 6.50. The number of ether oxygens (including phenoxy) is 2. The number of hydrogen-bond acceptors (Lipinski definition) is 4. The fourth-order valence-corrected chi connectivity index (χ4v) is 2.82. The third-order valence-electron chi connectivity index (χ3n) is 4.16. The van der Waals surface area contributed by atoms with Crippen molar-refractivity contribution in [3.63, 3.8) is 0 Å². The van der Waals surface area contributed by atoms with Gasteiger partial charge in [-0.25, -0.2) is 0 Å². The van der Waals surface area contributed by atoms with Crippen LogP contribution in [0.2, 0.25) is 5.02 Å². The van der Waals surface area contributed by atoms with Gasteiger partial charge in [-0.2, -0.15) is 0 Å². The Bertz CT molecular complexity index is 598. The van der Waals surface area contributed by atoms with Crippen molar-refractivity contribution >= 4 is 17.5 Å². The number of halogens is 1. The molecule has 24 heavy (non-hydrogen) atoms. The number of hydrogen-bond donors (Lipinski definition) is 1. The molecule has 2 aliphatic heterocycles. The van der Waals surface area contributed by atoms with E-state index in [1.54, 1.807) is 4.90 Å². The molecular weight excluding hydrogens is 330 g/mol. The topological polar surface area (TPSA) is 58.8 Å². The number of carbonyl (C=O) groups is 1. The Morgan fingerprint density at radius 2 is 2.04 bits per heavy atom. The summed E-state index contributed by atoms with van der Waals surface area (Å²) in [6.45, 7) is 2.23. The number of unbranched alkanes of at least 4 members (excludes halogenated alkanes) is 1. The van der Waals surface area contributed by atoms with Gasteiger partial charge < -0.3 is 19.5 Å². The average molecular weight is 352 g/mol. The largest absolute Gasteiger partial charge is 0.459 e. The summed E-state index contributed by atoms with van der Waals surface area (Å²) in [6, 6.07) is 7.64. The van der Waals surface area contributed by atoms with Gasteiger partial charge in [0.1, 0.15) is 0 Å². The van der Waals surface area contributed by atoms with Gasteiger partial charge in [-0.05, 0) is 36.6 Å². The smallest absolute Gasteiger partial charge is 0.288 e. The summed E-state index contributed by atoms with van der Waals surface area (Å²) in [5, 5.41) is 9.53. The van der Waals surface area contributed by atoms with Crippen molar-refractivity contribution in [2.75, 3.05) is 26.3 Å². The average Bonchev–Trinajstić information content (AvgIpc) is 3.43. The van der Waals surface area contributed by atoms with Crippen LogP contribution in [0.5, 0.6) is 0 Å². The summed E-state index contributed by atoms with van der Waals surface area (Å²) < 4.78 is 11.5. The molecule has 2 heterocycles. The van der Waals surface area contributed by atoms with Crippen LogP contribution in [0.15, 0.2) is 36.1 Å². The van der Waals surface area contributed by atoms with Gasteiger partial charge in [-0.3, -0.25) is 4.79 Å². The molecule has 1 saturated heterocycles. The van der Waals surface area contributed by atoms with Crippen molar-refractivity contribution in [2.45, 2.75) is 31.5 Å². The molecule has 1 amide bonds. The van der Waals surface area contributed by atoms with E-state index in [1.807, 2.05) is 30.3 Å². The first-order valence-electron chi connectivity index (χ1n) is 8.33. The number of nitrogens with zero attached hydrogens (tertiary/aromatic N) is 1. The molecule has 6 heteroatoms. The molecule has 1 aromatic carbocycles. The minimum atomic E-state index is -0.451. The summed E-state index contributed by atoms with van der Waals surface area (Å²) in [6.07, 6.45) is 3.55. The van der Waals surface area contributed by atoms with Gasteiger partial charge in [-0.15, -0.1) is 0 Å². The molecule has 1 aromatic rings. The van der Waals surface area contributed by atoms with Crippen LogP contribution in [0.4, 0.5) is 0 Å². The Labute approximate surface area is 146 Å². The van der Waals surface area contributed by atoms with E-state index in [-0.39, 0.29) is 18.4 Å². The SMILES string of the molecule is O=C(C1=C[C@H](c2ccc(Cl)cc2)C[C@H](OCCCCO)O1)N1CC1. The Balaban J connectivity index is 1.71. The van der Waals surface area contributed by atoms with E-state index in [2.05, 4.69) is 0 Å². The number of amides is 1. The molecule has 1 N–H and O–H groups in total. The number of aliphatic hydroxyl groups excluding tert-OH is 1. The van der Waals surface area contributed by atoms with Gasteiger partial charge in [0.25, 0.3) is 5.91 Å². The van der Waals surface area contributed by atoms with Gasteiger partial charge in [0, 0.05) is 37.1 Å². The van der Waals surface area contributed by atoms with Crippen LogP contribution in [-0.4, -0.2) is 48.5 Å². The fourth-order valence-electron chi connectivity index (χ4n) is 2.69. The Morgan fingerprint density at radius 1 is 1.29 bits per heavy atom. The van der Waals surface area contributed by atoms with Crippen LogP contribution in [0, 0.1) is 0 Å². The summed E-state index contributed by atoms with van der Waals surface area (Å²) in [4.78, 5) is 14.1. The summed E-state index contributed by atoms with van der Waals surface area (Å²) >= 11 is 5.96. The molecule has 2 atom stereocenters. The summed E-state index contributed by atoms with van der Waals surface area (Å²) in [5.41, 5.74) is 1.09. The Kier molecular flexibility index (Phi) is 5.76. The third kappa shape index (κ3) is 4.50. The molecule has 0 bridgehead atoms. The molecule has 0 spiro atoms. The maximum atomic E-state index is 12.3. The monoisotopic (exact) mass is 351 g/mol. The molecule has 0 saturated carbocycles. The van der Waals surface area contributed by atoms with E-state index in [0.29, 0.717) is 30.2 Å². The van der Waals surface area contributed by atoms with Crippen molar-refractivity contribution in [1.82, 2.24) is 4.90 Å². The minimum Gasteiger partial charge on any atom is -0.459 e. The number of allylic oxidation sites excluding steroid dienone is 1. The van der Waals surface area contributed by atoms with E-state index in [9.17, 15) is 4.79 Å². The zero-order valence-corrected chi connectivity index (χ0v) is 14.2. The molecule has 3 rings (SSSR count). The molecule has 0 unspecified atom stereocenters. The first-order chi connectivity index (χ1) is 11.7. The molecule has 0 radical (unpaired) electrons. The number of aliphatic hydroxyl groups is 1. The second kappa shape index (κ2) is 8.01. The first-order valence-corrected chi connectivity index (χ1v) is 8.71. The highest BCUT2D eigenvalue weighted by Crippen LogP contribution is 2.33. The highest BCUT2D eigenvalue weighted by atomic mass is 35.5. The van der Waals surface area contributed by atoms with Crippen LogP contribution >= 0.6 is 11.6 Å². The third-order valence-corrected chi connectivity index (χ3v) is 4.41. The van der Waals surface area contributed by atoms with Crippen molar-refractivity contribution in [2.24, 2.45) is 0 Å². The number of rotatable bonds is 7. The van der Waals surface area contributed by atoms with Crippen molar-refractivity contribution in [3.05, 3.63) is 46.7 Å². The van der Waals surface area contributed by atoms with Gasteiger partial charge in [0.15, 0.2) is 5.76 Å².